The van der Waals surface area contributed by atoms with E-state index in [1.54, 1.807) is 0 Å². The Balaban J connectivity index is 2.43. The molecule has 0 aliphatic carbocycles. The summed E-state index contributed by atoms with van der Waals surface area (Å²) in [5, 5.41) is 0.846. The Labute approximate surface area is 177 Å². The Hall–Kier alpha value is -2.70. The van der Waals surface area contributed by atoms with Gasteiger partial charge in [0.1, 0.15) is 0 Å². The van der Waals surface area contributed by atoms with Gasteiger partial charge in [-0.1, -0.05) is 23.2 Å². The number of carbonyl (C=O) groups is 4. The molecule has 0 saturated heterocycles. The predicted molar refractivity (Wildman–Crippen MR) is 107 cm³/mol. The Morgan fingerprint density at radius 2 is 1.00 bits per heavy atom. The van der Waals surface area contributed by atoms with Crippen molar-refractivity contribution in [2.75, 3.05) is 14.2 Å². The second kappa shape index (κ2) is 9.67. The van der Waals surface area contributed by atoms with E-state index in [4.69, 9.17) is 32.7 Å². The number of rotatable bonds is 8. The normalized spacial score (nSPS) is 10.9. The number of halogens is 2. The fraction of sp³-hybridized carbons (Fsp3) is 0.238. The molecule has 6 nitrogen and oxygen atoms in total. The largest absolute Gasteiger partial charge is 0.468 e. The standard InChI is InChI=1S/C21H18Cl2O6/c1-28-19(26)21(20(27)29-2,11-17(24)13-3-7-15(22)8-4-13)12-18(25)14-5-9-16(23)10-6-14/h3-10H,11-12H2,1-2H3. The van der Waals surface area contributed by atoms with E-state index < -0.39 is 41.8 Å². The maximum Gasteiger partial charge on any atom is 0.324 e. The van der Waals surface area contributed by atoms with Gasteiger partial charge in [-0.25, -0.2) is 0 Å². The van der Waals surface area contributed by atoms with Gasteiger partial charge in [0.15, 0.2) is 17.0 Å². The molecule has 152 valence electrons. The average Bonchev–Trinajstić information content (AvgIpc) is 2.72. The molecule has 0 saturated carbocycles. The molecule has 0 fully saturated rings. The van der Waals surface area contributed by atoms with E-state index in [9.17, 15) is 19.2 Å². The molecule has 0 N–H and O–H groups in total. The maximum atomic E-state index is 12.8. The van der Waals surface area contributed by atoms with E-state index in [1.807, 2.05) is 0 Å². The van der Waals surface area contributed by atoms with Crippen molar-refractivity contribution in [1.82, 2.24) is 0 Å². The molecule has 0 bridgehead atoms. The quantitative estimate of drug-likeness (QED) is 0.350. The smallest absolute Gasteiger partial charge is 0.324 e. The summed E-state index contributed by atoms with van der Waals surface area (Å²) in [4.78, 5) is 50.8. The summed E-state index contributed by atoms with van der Waals surface area (Å²) in [7, 11) is 2.14. The zero-order valence-electron chi connectivity index (χ0n) is 15.7. The van der Waals surface area contributed by atoms with Gasteiger partial charge in [0.2, 0.25) is 0 Å². The molecule has 0 unspecified atom stereocenters. The Bertz CT molecular complexity index is 842. The van der Waals surface area contributed by atoms with Crippen LogP contribution < -0.4 is 0 Å². The molecule has 0 heterocycles. The number of hydrogen-bond donors (Lipinski definition) is 0. The third kappa shape index (κ3) is 5.22. The molecule has 29 heavy (non-hydrogen) atoms. The molecule has 0 amide bonds. The van der Waals surface area contributed by atoms with Gasteiger partial charge in [-0.3, -0.25) is 19.2 Å². The number of ether oxygens (including phenoxy) is 2. The molecule has 2 aromatic carbocycles. The fourth-order valence-corrected chi connectivity index (χ4v) is 3.10. The lowest BCUT2D eigenvalue weighted by molar-refractivity contribution is -0.168. The minimum atomic E-state index is -2.13. The number of Topliss-reactive ketones (excluding diaryl/α,β-unsaturated/α-hetero) is 2. The summed E-state index contributed by atoms with van der Waals surface area (Å²) in [6.07, 6.45) is -1.21. The highest BCUT2D eigenvalue weighted by atomic mass is 35.5. The van der Waals surface area contributed by atoms with E-state index in [1.165, 1.54) is 48.5 Å². The molecular weight excluding hydrogens is 419 g/mol. The first-order chi connectivity index (χ1) is 13.7. The first-order valence-corrected chi connectivity index (χ1v) is 9.23. The lowest BCUT2D eigenvalue weighted by Crippen LogP contribution is -2.44. The summed E-state index contributed by atoms with van der Waals surface area (Å²) < 4.78 is 9.53. The zero-order valence-corrected chi connectivity index (χ0v) is 17.3. The van der Waals surface area contributed by atoms with E-state index in [2.05, 4.69) is 0 Å². The van der Waals surface area contributed by atoms with E-state index in [-0.39, 0.29) is 11.1 Å². The van der Waals surface area contributed by atoms with Crippen molar-refractivity contribution < 1.29 is 28.7 Å². The highest BCUT2D eigenvalue weighted by Gasteiger charge is 2.51. The molecule has 0 aliphatic heterocycles. The van der Waals surface area contributed by atoms with Crippen molar-refractivity contribution >= 4 is 46.7 Å². The summed E-state index contributed by atoms with van der Waals surface area (Å²) in [5.41, 5.74) is -1.67. The van der Waals surface area contributed by atoms with Crippen molar-refractivity contribution in [1.29, 1.82) is 0 Å². The molecule has 0 aliphatic rings. The molecule has 0 atom stereocenters. The molecule has 0 radical (unpaired) electrons. The topological polar surface area (TPSA) is 86.7 Å². The van der Waals surface area contributed by atoms with Crippen LogP contribution in [0.3, 0.4) is 0 Å². The number of ketones is 2. The first-order valence-electron chi connectivity index (χ1n) is 8.48. The summed E-state index contributed by atoms with van der Waals surface area (Å²) >= 11 is 11.7. The SMILES string of the molecule is COC(=O)C(CC(=O)c1ccc(Cl)cc1)(CC(=O)c1ccc(Cl)cc1)C(=O)OC. The van der Waals surface area contributed by atoms with Crippen molar-refractivity contribution in [2.24, 2.45) is 5.41 Å². The maximum absolute atomic E-state index is 12.8. The highest BCUT2D eigenvalue weighted by Crippen LogP contribution is 2.34. The van der Waals surface area contributed by atoms with Crippen LogP contribution in [0.5, 0.6) is 0 Å². The average molecular weight is 437 g/mol. The lowest BCUT2D eigenvalue weighted by atomic mass is 9.76. The van der Waals surface area contributed by atoms with E-state index in [0.29, 0.717) is 10.0 Å². The van der Waals surface area contributed by atoms with Crippen LogP contribution in [-0.2, 0) is 19.1 Å². The Morgan fingerprint density at radius 3 is 1.28 bits per heavy atom. The number of esters is 2. The van der Waals surface area contributed by atoms with E-state index in [0.717, 1.165) is 14.2 Å². The van der Waals surface area contributed by atoms with Crippen molar-refractivity contribution in [3.8, 4) is 0 Å². The monoisotopic (exact) mass is 436 g/mol. The molecule has 0 spiro atoms. The summed E-state index contributed by atoms with van der Waals surface area (Å²) in [6, 6.07) is 11.9. The number of carbonyl (C=O) groups excluding carboxylic acids is 4. The van der Waals surface area contributed by atoms with Crippen molar-refractivity contribution in [3.63, 3.8) is 0 Å². The van der Waals surface area contributed by atoms with Crippen LogP contribution >= 0.6 is 23.2 Å². The molecule has 8 heteroatoms. The summed E-state index contributed by atoms with van der Waals surface area (Å²) in [5.74, 6) is -3.15. The van der Waals surface area contributed by atoms with Gasteiger partial charge in [-0.2, -0.15) is 0 Å². The van der Waals surface area contributed by atoms with Gasteiger partial charge in [0.25, 0.3) is 0 Å². The van der Waals surface area contributed by atoms with Gasteiger partial charge in [0, 0.05) is 34.0 Å². The molecule has 2 rings (SSSR count). The van der Waals surface area contributed by atoms with Gasteiger partial charge in [-0.15, -0.1) is 0 Å². The van der Waals surface area contributed by atoms with Crippen molar-refractivity contribution in [2.45, 2.75) is 12.8 Å². The van der Waals surface area contributed by atoms with Gasteiger partial charge >= 0.3 is 11.9 Å². The third-order valence-corrected chi connectivity index (χ3v) is 4.91. The number of methoxy groups -OCH3 is 2. The lowest BCUT2D eigenvalue weighted by Gasteiger charge is -2.27. The van der Waals surface area contributed by atoms with Crippen LogP contribution in [0, 0.1) is 5.41 Å². The zero-order chi connectivity index (χ0) is 21.6. The second-order valence-corrected chi connectivity index (χ2v) is 7.15. The molecular formula is C21H18Cl2O6. The van der Waals surface area contributed by atoms with Crippen LogP contribution in [0.15, 0.2) is 48.5 Å². The van der Waals surface area contributed by atoms with Crippen LogP contribution in [-0.4, -0.2) is 37.7 Å². The predicted octanol–water partition coefficient (Wildman–Crippen LogP) is 4.17. The summed E-state index contributed by atoms with van der Waals surface area (Å²) in [6.45, 7) is 0. The Kier molecular flexibility index (Phi) is 7.53. The highest BCUT2D eigenvalue weighted by molar-refractivity contribution is 6.31. The number of benzene rings is 2. The van der Waals surface area contributed by atoms with Crippen LogP contribution in [0.25, 0.3) is 0 Å². The second-order valence-electron chi connectivity index (χ2n) is 6.28. The van der Waals surface area contributed by atoms with Crippen LogP contribution in [0.2, 0.25) is 10.0 Å². The molecule has 2 aromatic rings. The molecule has 0 aromatic heterocycles. The Morgan fingerprint density at radius 1 is 0.690 bits per heavy atom. The van der Waals surface area contributed by atoms with Crippen LogP contribution in [0.1, 0.15) is 33.6 Å². The van der Waals surface area contributed by atoms with Gasteiger partial charge < -0.3 is 9.47 Å². The minimum absolute atomic E-state index is 0.227. The van der Waals surface area contributed by atoms with Crippen molar-refractivity contribution in [3.05, 3.63) is 69.7 Å². The third-order valence-electron chi connectivity index (χ3n) is 4.41. The number of hydrogen-bond acceptors (Lipinski definition) is 6. The van der Waals surface area contributed by atoms with Gasteiger partial charge in [0.05, 0.1) is 14.2 Å². The van der Waals surface area contributed by atoms with Gasteiger partial charge in [-0.05, 0) is 48.5 Å². The minimum Gasteiger partial charge on any atom is -0.468 e. The van der Waals surface area contributed by atoms with E-state index >= 15 is 0 Å². The fourth-order valence-electron chi connectivity index (χ4n) is 2.85. The first kappa shape index (κ1) is 22.6. The van der Waals surface area contributed by atoms with Crippen LogP contribution in [0.4, 0.5) is 0 Å².